The molecule has 0 N–H and O–H groups in total. The van der Waals surface area contributed by atoms with Gasteiger partial charge in [-0.1, -0.05) is 62.6 Å². The van der Waals surface area contributed by atoms with E-state index in [1.807, 2.05) is 13.0 Å². The van der Waals surface area contributed by atoms with E-state index in [-0.39, 0.29) is 11.8 Å². The first kappa shape index (κ1) is 27.7. The van der Waals surface area contributed by atoms with Gasteiger partial charge >= 0.3 is 6.18 Å². The van der Waals surface area contributed by atoms with Gasteiger partial charge in [-0.2, -0.15) is 13.2 Å². The van der Waals surface area contributed by atoms with Crippen LogP contribution >= 0.6 is 0 Å². The van der Waals surface area contributed by atoms with Crippen molar-refractivity contribution in [2.45, 2.75) is 101 Å². The van der Waals surface area contributed by atoms with Crippen LogP contribution in [0, 0.1) is 16.7 Å². The fourth-order valence-corrected chi connectivity index (χ4v) is 3.82. The van der Waals surface area contributed by atoms with Crippen molar-refractivity contribution in [2.75, 3.05) is 0 Å². The molecule has 0 saturated heterocycles. The quantitative estimate of drug-likeness (QED) is 0.309. The Bertz CT molecular complexity index is 627. The second-order valence-electron chi connectivity index (χ2n) is 10.2. The predicted octanol–water partition coefficient (Wildman–Crippen LogP) is 8.62. The van der Waals surface area contributed by atoms with Crippen LogP contribution < -0.4 is 0 Å². The molecular formula is C25H41F3O. The van der Waals surface area contributed by atoms with Crippen LogP contribution in [0.25, 0.3) is 0 Å². The lowest BCUT2D eigenvalue weighted by Crippen LogP contribution is -2.41. The summed E-state index contributed by atoms with van der Waals surface area (Å²) in [6.45, 7) is 16.8. The Labute approximate surface area is 176 Å². The molecule has 1 nitrogen and oxygen atoms in total. The summed E-state index contributed by atoms with van der Waals surface area (Å²) >= 11 is 0. The molecule has 0 aromatic rings. The number of carbonyl (C=O) groups excluding carboxylic acids is 1. The zero-order valence-corrected chi connectivity index (χ0v) is 19.9. The molecule has 0 aromatic heterocycles. The van der Waals surface area contributed by atoms with E-state index in [0.717, 1.165) is 38.2 Å². The molecule has 0 aliphatic carbocycles. The second kappa shape index (κ2) is 11.2. The Morgan fingerprint density at radius 2 is 1.34 bits per heavy atom. The number of halogens is 3. The number of hydrogen-bond acceptors (Lipinski definition) is 1. The molecule has 0 amide bonds. The first-order valence-electron chi connectivity index (χ1n) is 10.5. The number of rotatable bonds is 11. The fourth-order valence-electron chi connectivity index (χ4n) is 3.82. The maximum Gasteiger partial charge on any atom is 0.399 e. The van der Waals surface area contributed by atoms with Crippen LogP contribution in [0.15, 0.2) is 34.9 Å². The summed E-state index contributed by atoms with van der Waals surface area (Å²) in [5.74, 6) is -2.75. The lowest BCUT2D eigenvalue weighted by atomic mass is 9.73. The molecule has 0 heterocycles. The molecule has 0 aliphatic heterocycles. The lowest BCUT2D eigenvalue weighted by molar-refractivity contribution is -0.201. The molecule has 0 fully saturated rings. The third-order valence-corrected chi connectivity index (χ3v) is 5.34. The van der Waals surface area contributed by atoms with E-state index < -0.39 is 23.3 Å². The second-order valence-corrected chi connectivity index (χ2v) is 10.2. The number of hydrogen-bond donors (Lipinski definition) is 0. The number of carbonyl (C=O) groups is 1. The van der Waals surface area contributed by atoms with Crippen molar-refractivity contribution in [1.29, 1.82) is 0 Å². The monoisotopic (exact) mass is 414 g/mol. The Hall–Kier alpha value is -1.32. The Morgan fingerprint density at radius 3 is 1.79 bits per heavy atom. The molecule has 0 spiro atoms. The molecule has 1 atom stereocenters. The molecule has 0 bridgehead atoms. The highest BCUT2D eigenvalue weighted by Crippen LogP contribution is 2.43. The topological polar surface area (TPSA) is 17.1 Å². The molecule has 0 aromatic carbocycles. The van der Waals surface area contributed by atoms with Gasteiger partial charge in [0.2, 0.25) is 0 Å². The van der Waals surface area contributed by atoms with Gasteiger partial charge in [-0.25, -0.2) is 0 Å². The first-order chi connectivity index (χ1) is 13.0. The molecule has 0 aliphatic rings. The molecular weight excluding hydrogens is 373 g/mol. The molecule has 0 radical (unpaired) electrons. The minimum absolute atomic E-state index is 0.0342. The summed E-state index contributed by atoms with van der Waals surface area (Å²) in [4.78, 5) is 11.6. The van der Waals surface area contributed by atoms with Gasteiger partial charge in [-0.15, -0.1) is 0 Å². The maximum absolute atomic E-state index is 13.3. The van der Waals surface area contributed by atoms with Crippen molar-refractivity contribution in [3.63, 3.8) is 0 Å². The molecule has 168 valence electrons. The summed E-state index contributed by atoms with van der Waals surface area (Å²) < 4.78 is 40.0. The first-order valence-corrected chi connectivity index (χ1v) is 10.5. The molecule has 0 rings (SSSR count). The van der Waals surface area contributed by atoms with Crippen LogP contribution in [-0.4, -0.2) is 12.0 Å². The van der Waals surface area contributed by atoms with Gasteiger partial charge in [0, 0.05) is 0 Å². The normalized spacial score (nSPS) is 15.3. The van der Waals surface area contributed by atoms with Gasteiger partial charge in [0.15, 0.2) is 0 Å². The third-order valence-electron chi connectivity index (χ3n) is 5.34. The Kier molecular flexibility index (Phi) is 10.7. The van der Waals surface area contributed by atoms with Crippen LogP contribution in [0.1, 0.15) is 94.4 Å². The van der Waals surface area contributed by atoms with Gasteiger partial charge < -0.3 is 0 Å². The highest BCUT2D eigenvalue weighted by atomic mass is 19.4. The van der Waals surface area contributed by atoms with Crippen LogP contribution in [0.3, 0.4) is 0 Å². The van der Waals surface area contributed by atoms with E-state index in [9.17, 15) is 18.0 Å². The highest BCUT2D eigenvalue weighted by molar-refractivity contribution is 5.79. The summed E-state index contributed by atoms with van der Waals surface area (Å²) in [6.07, 6.45) is 5.98. The van der Waals surface area contributed by atoms with Crippen molar-refractivity contribution in [2.24, 2.45) is 16.7 Å². The number of ketones is 1. The molecule has 0 saturated carbocycles. The average Bonchev–Trinajstić information content (AvgIpc) is 2.48. The number of alkyl halides is 3. The minimum Gasteiger partial charge on any atom is -0.299 e. The van der Waals surface area contributed by atoms with E-state index in [2.05, 4.69) is 46.8 Å². The largest absolute Gasteiger partial charge is 0.399 e. The van der Waals surface area contributed by atoms with E-state index in [4.69, 9.17) is 0 Å². The van der Waals surface area contributed by atoms with Crippen LogP contribution in [0.2, 0.25) is 0 Å². The van der Waals surface area contributed by atoms with Crippen LogP contribution in [0.5, 0.6) is 0 Å². The highest BCUT2D eigenvalue weighted by Gasteiger charge is 2.51. The Balaban J connectivity index is 4.99. The zero-order valence-electron chi connectivity index (χ0n) is 19.9. The van der Waals surface area contributed by atoms with Crippen molar-refractivity contribution in [3.05, 3.63) is 34.9 Å². The van der Waals surface area contributed by atoms with Crippen molar-refractivity contribution in [3.8, 4) is 0 Å². The smallest absolute Gasteiger partial charge is 0.299 e. The minimum atomic E-state index is -4.51. The van der Waals surface area contributed by atoms with Crippen LogP contribution in [0.4, 0.5) is 13.2 Å². The van der Waals surface area contributed by atoms with Gasteiger partial charge in [0.25, 0.3) is 0 Å². The summed E-state index contributed by atoms with van der Waals surface area (Å²) in [5, 5.41) is 0. The standard InChI is InChI=1S/C25H41F3O/c1-18(2)11-10-12-19(3)13-15-23(6,7)17-20(4)14-16-24(8,9)22(21(5)29)25(26,27)28/h11,13-14,22H,10,12,15-17H2,1-9H3. The molecule has 4 heteroatoms. The zero-order chi connectivity index (χ0) is 23.0. The maximum atomic E-state index is 13.3. The van der Waals surface area contributed by atoms with Crippen LogP contribution in [-0.2, 0) is 4.79 Å². The summed E-state index contributed by atoms with van der Waals surface area (Å²) in [7, 11) is 0. The Morgan fingerprint density at radius 1 is 0.828 bits per heavy atom. The van der Waals surface area contributed by atoms with E-state index >= 15 is 0 Å². The summed E-state index contributed by atoms with van der Waals surface area (Å²) in [6, 6.07) is 0. The van der Waals surface area contributed by atoms with E-state index in [1.165, 1.54) is 25.0 Å². The fraction of sp³-hybridized carbons (Fsp3) is 0.720. The van der Waals surface area contributed by atoms with E-state index in [0.29, 0.717) is 0 Å². The van der Waals surface area contributed by atoms with Gasteiger partial charge in [0.05, 0.1) is 0 Å². The third kappa shape index (κ3) is 11.4. The predicted molar refractivity (Wildman–Crippen MR) is 118 cm³/mol. The van der Waals surface area contributed by atoms with Gasteiger partial charge in [0.1, 0.15) is 11.7 Å². The van der Waals surface area contributed by atoms with Gasteiger partial charge in [-0.3, -0.25) is 4.79 Å². The SMILES string of the molecule is CC(=O)C(C(F)(F)F)C(C)(C)CC=C(C)CC(C)(C)CC=C(C)CCC=C(C)C. The van der Waals surface area contributed by atoms with Crippen molar-refractivity contribution < 1.29 is 18.0 Å². The average molecular weight is 415 g/mol. The van der Waals surface area contributed by atoms with E-state index in [1.54, 1.807) is 0 Å². The number of allylic oxidation sites excluding steroid dienone is 6. The number of Topliss-reactive ketones (excluding diaryl/α,β-unsaturated/α-hetero) is 1. The van der Waals surface area contributed by atoms with Crippen molar-refractivity contribution >= 4 is 5.78 Å². The van der Waals surface area contributed by atoms with Crippen molar-refractivity contribution in [1.82, 2.24) is 0 Å². The molecule has 29 heavy (non-hydrogen) atoms. The summed E-state index contributed by atoms with van der Waals surface area (Å²) in [5.41, 5.74) is 2.65. The molecule has 1 unspecified atom stereocenters. The lowest BCUT2D eigenvalue weighted by Gasteiger charge is -2.33. The van der Waals surface area contributed by atoms with Gasteiger partial charge in [-0.05, 0) is 77.6 Å².